The lowest BCUT2D eigenvalue weighted by molar-refractivity contribution is 0.270. The Morgan fingerprint density at radius 2 is 2.22 bits per heavy atom. The molecule has 1 atom stereocenters. The van der Waals surface area contributed by atoms with Gasteiger partial charge in [0, 0.05) is 31.0 Å². The number of likely N-dealkylation sites (N-methyl/N-ethyl adjacent to an activating group) is 2. The molecular weight excluding hydrogens is 222 g/mol. The molecule has 1 aromatic rings. The van der Waals surface area contributed by atoms with Crippen molar-refractivity contribution in [3.63, 3.8) is 0 Å². The minimum atomic E-state index is 0.697. The van der Waals surface area contributed by atoms with Gasteiger partial charge in [-0.2, -0.15) is 0 Å². The zero-order valence-electron chi connectivity index (χ0n) is 11.8. The van der Waals surface area contributed by atoms with Crippen molar-refractivity contribution in [2.45, 2.75) is 32.7 Å². The van der Waals surface area contributed by atoms with E-state index in [-0.39, 0.29) is 0 Å². The van der Waals surface area contributed by atoms with E-state index >= 15 is 0 Å². The summed E-state index contributed by atoms with van der Waals surface area (Å²) in [5.74, 6) is 0. The second-order valence-electron chi connectivity index (χ2n) is 5.35. The summed E-state index contributed by atoms with van der Waals surface area (Å²) in [6.45, 7) is 7.81. The number of nitrogens with zero attached hydrogens (tertiary/aromatic N) is 2. The number of aryl methyl sites for hydroxylation is 1. The van der Waals surface area contributed by atoms with Crippen LogP contribution in [0.4, 0.5) is 11.4 Å². The molecule has 0 bridgehead atoms. The van der Waals surface area contributed by atoms with Gasteiger partial charge in [0.25, 0.3) is 0 Å². The SMILES string of the molecule is CCN1CCCC1CN(C)c1ccc(C)c(N)c1. The Balaban J connectivity index is 2.02. The molecule has 0 aromatic heterocycles. The third kappa shape index (κ3) is 2.78. The quantitative estimate of drug-likeness (QED) is 0.830. The second-order valence-corrected chi connectivity index (χ2v) is 5.35. The van der Waals surface area contributed by atoms with Gasteiger partial charge in [0.1, 0.15) is 0 Å². The smallest absolute Gasteiger partial charge is 0.0384 e. The Morgan fingerprint density at radius 1 is 1.44 bits per heavy atom. The van der Waals surface area contributed by atoms with Crippen LogP contribution in [0.25, 0.3) is 0 Å². The van der Waals surface area contributed by atoms with Crippen LogP contribution in [0.15, 0.2) is 18.2 Å². The number of likely N-dealkylation sites (tertiary alicyclic amines) is 1. The molecule has 1 aliphatic rings. The number of rotatable bonds is 4. The van der Waals surface area contributed by atoms with E-state index in [1.54, 1.807) is 0 Å². The first-order valence-electron chi connectivity index (χ1n) is 6.93. The molecule has 3 heteroatoms. The first-order chi connectivity index (χ1) is 8.61. The summed E-state index contributed by atoms with van der Waals surface area (Å²) in [6, 6.07) is 7.05. The zero-order chi connectivity index (χ0) is 13.1. The fourth-order valence-corrected chi connectivity index (χ4v) is 2.81. The monoisotopic (exact) mass is 247 g/mol. The number of nitrogen functional groups attached to an aromatic ring is 1. The van der Waals surface area contributed by atoms with Gasteiger partial charge in [0.15, 0.2) is 0 Å². The summed E-state index contributed by atoms with van der Waals surface area (Å²) in [4.78, 5) is 4.91. The van der Waals surface area contributed by atoms with Gasteiger partial charge in [0.05, 0.1) is 0 Å². The summed E-state index contributed by atoms with van der Waals surface area (Å²) >= 11 is 0. The molecule has 0 saturated carbocycles. The largest absolute Gasteiger partial charge is 0.398 e. The minimum absolute atomic E-state index is 0.697. The number of benzene rings is 1. The van der Waals surface area contributed by atoms with Crippen LogP contribution in [-0.4, -0.2) is 37.6 Å². The van der Waals surface area contributed by atoms with Crippen LogP contribution in [-0.2, 0) is 0 Å². The lowest BCUT2D eigenvalue weighted by Crippen LogP contribution is -2.38. The molecule has 1 aromatic carbocycles. The Hall–Kier alpha value is -1.22. The van der Waals surface area contributed by atoms with E-state index in [4.69, 9.17) is 5.73 Å². The highest BCUT2D eigenvalue weighted by atomic mass is 15.2. The van der Waals surface area contributed by atoms with Crippen molar-refractivity contribution in [2.75, 3.05) is 37.3 Å². The molecule has 2 rings (SSSR count). The van der Waals surface area contributed by atoms with Gasteiger partial charge in [0.2, 0.25) is 0 Å². The van der Waals surface area contributed by atoms with Crippen molar-refractivity contribution in [1.29, 1.82) is 0 Å². The highest BCUT2D eigenvalue weighted by Gasteiger charge is 2.24. The maximum atomic E-state index is 5.98. The van der Waals surface area contributed by atoms with Crippen molar-refractivity contribution in [3.8, 4) is 0 Å². The third-order valence-electron chi connectivity index (χ3n) is 4.09. The molecule has 1 heterocycles. The number of hydrogen-bond acceptors (Lipinski definition) is 3. The molecule has 3 nitrogen and oxygen atoms in total. The molecule has 0 radical (unpaired) electrons. The zero-order valence-corrected chi connectivity index (χ0v) is 11.8. The van der Waals surface area contributed by atoms with Crippen LogP contribution in [0.2, 0.25) is 0 Å². The Labute approximate surface area is 111 Å². The summed E-state index contributed by atoms with van der Waals surface area (Å²) < 4.78 is 0. The molecular formula is C15H25N3. The van der Waals surface area contributed by atoms with E-state index in [1.165, 1.54) is 25.1 Å². The maximum Gasteiger partial charge on any atom is 0.0384 e. The molecule has 100 valence electrons. The van der Waals surface area contributed by atoms with Crippen LogP contribution in [0, 0.1) is 6.92 Å². The van der Waals surface area contributed by atoms with E-state index < -0.39 is 0 Å². The predicted molar refractivity (Wildman–Crippen MR) is 79.1 cm³/mol. The Morgan fingerprint density at radius 3 is 2.89 bits per heavy atom. The van der Waals surface area contributed by atoms with E-state index in [2.05, 4.69) is 48.9 Å². The van der Waals surface area contributed by atoms with Crippen molar-refractivity contribution in [1.82, 2.24) is 4.90 Å². The molecule has 2 N–H and O–H groups in total. The fourth-order valence-electron chi connectivity index (χ4n) is 2.81. The fraction of sp³-hybridized carbons (Fsp3) is 0.600. The number of hydrogen-bond donors (Lipinski definition) is 1. The normalized spacial score (nSPS) is 20.3. The van der Waals surface area contributed by atoms with Crippen LogP contribution in [0.3, 0.4) is 0 Å². The predicted octanol–water partition coefficient (Wildman–Crippen LogP) is 2.50. The summed E-state index contributed by atoms with van der Waals surface area (Å²) in [7, 11) is 2.16. The van der Waals surface area contributed by atoms with Crippen molar-refractivity contribution in [3.05, 3.63) is 23.8 Å². The van der Waals surface area contributed by atoms with Gasteiger partial charge in [-0.05, 0) is 50.6 Å². The van der Waals surface area contributed by atoms with E-state index in [1.807, 2.05) is 0 Å². The molecule has 0 aliphatic carbocycles. The van der Waals surface area contributed by atoms with Crippen LogP contribution in [0.5, 0.6) is 0 Å². The molecule has 0 amide bonds. The Kier molecular flexibility index (Phi) is 4.12. The van der Waals surface area contributed by atoms with Gasteiger partial charge in [-0.3, -0.25) is 4.90 Å². The third-order valence-corrected chi connectivity index (χ3v) is 4.09. The van der Waals surface area contributed by atoms with Crippen LogP contribution in [0.1, 0.15) is 25.3 Å². The molecule has 1 unspecified atom stereocenters. The molecule has 1 saturated heterocycles. The van der Waals surface area contributed by atoms with E-state index in [0.717, 1.165) is 24.3 Å². The standard InChI is InChI=1S/C15H25N3/c1-4-18-9-5-6-14(18)11-17(3)13-8-7-12(2)15(16)10-13/h7-8,10,14H,4-6,9,11,16H2,1-3H3. The molecule has 18 heavy (non-hydrogen) atoms. The number of nitrogens with two attached hydrogens (primary N) is 1. The summed E-state index contributed by atoms with van der Waals surface area (Å²) in [6.07, 6.45) is 2.65. The molecule has 0 spiro atoms. The average molecular weight is 247 g/mol. The van der Waals surface area contributed by atoms with Crippen molar-refractivity contribution in [2.24, 2.45) is 0 Å². The van der Waals surface area contributed by atoms with Gasteiger partial charge in [-0.1, -0.05) is 13.0 Å². The van der Waals surface area contributed by atoms with Crippen molar-refractivity contribution < 1.29 is 0 Å². The van der Waals surface area contributed by atoms with E-state index in [9.17, 15) is 0 Å². The van der Waals surface area contributed by atoms with Gasteiger partial charge in [-0.25, -0.2) is 0 Å². The topological polar surface area (TPSA) is 32.5 Å². The first kappa shape index (κ1) is 13.2. The van der Waals surface area contributed by atoms with Gasteiger partial charge in [-0.15, -0.1) is 0 Å². The molecule has 1 aliphatic heterocycles. The number of anilines is 2. The van der Waals surface area contributed by atoms with Crippen LogP contribution >= 0.6 is 0 Å². The highest BCUT2D eigenvalue weighted by molar-refractivity contribution is 5.59. The average Bonchev–Trinajstić information content (AvgIpc) is 2.79. The maximum absolute atomic E-state index is 5.98. The van der Waals surface area contributed by atoms with E-state index in [0.29, 0.717) is 6.04 Å². The van der Waals surface area contributed by atoms with Crippen molar-refractivity contribution >= 4 is 11.4 Å². The molecule has 1 fully saturated rings. The summed E-state index contributed by atoms with van der Waals surface area (Å²) in [5, 5.41) is 0. The Bertz CT molecular complexity index is 403. The highest BCUT2D eigenvalue weighted by Crippen LogP contribution is 2.23. The van der Waals surface area contributed by atoms with Gasteiger partial charge >= 0.3 is 0 Å². The lowest BCUT2D eigenvalue weighted by atomic mass is 10.1. The first-order valence-corrected chi connectivity index (χ1v) is 6.93. The van der Waals surface area contributed by atoms with Crippen LogP contribution < -0.4 is 10.6 Å². The lowest BCUT2D eigenvalue weighted by Gasteiger charge is -2.29. The summed E-state index contributed by atoms with van der Waals surface area (Å²) in [5.41, 5.74) is 9.25. The minimum Gasteiger partial charge on any atom is -0.398 e. The second kappa shape index (κ2) is 5.61. The van der Waals surface area contributed by atoms with Gasteiger partial charge < -0.3 is 10.6 Å².